The number of nitrogens with one attached hydrogen (secondary N) is 2. The van der Waals surface area contributed by atoms with Gasteiger partial charge in [-0.15, -0.1) is 0 Å². The molecule has 0 saturated carbocycles. The predicted octanol–water partition coefficient (Wildman–Crippen LogP) is 1.99. The highest BCUT2D eigenvalue weighted by Crippen LogP contribution is 2.24. The molecule has 2 heterocycles. The summed E-state index contributed by atoms with van der Waals surface area (Å²) in [4.78, 5) is 30.1. The second-order valence-corrected chi connectivity index (χ2v) is 6.73. The molecule has 3 amide bonds. The molecule has 0 spiro atoms. The van der Waals surface area contributed by atoms with Crippen molar-refractivity contribution in [3.8, 4) is 0 Å². The Morgan fingerprint density at radius 2 is 2.15 bits per heavy atom. The average Bonchev–Trinajstić information content (AvgIpc) is 3.24. The van der Waals surface area contributed by atoms with Crippen molar-refractivity contribution in [3.05, 3.63) is 48.0 Å². The summed E-state index contributed by atoms with van der Waals surface area (Å²) >= 11 is 0. The van der Waals surface area contributed by atoms with Crippen molar-refractivity contribution in [1.82, 2.24) is 20.2 Å². The first kappa shape index (κ1) is 18.0. The summed E-state index contributed by atoms with van der Waals surface area (Å²) in [5.41, 5.74) is 3.25. The molecule has 1 atom stereocenters. The van der Waals surface area contributed by atoms with Crippen LogP contribution in [0.1, 0.15) is 24.0 Å². The van der Waals surface area contributed by atoms with Gasteiger partial charge in [-0.05, 0) is 43.5 Å². The highest BCUT2D eigenvalue weighted by Gasteiger charge is 2.31. The molecular weight excluding hydrogens is 330 g/mol. The van der Waals surface area contributed by atoms with E-state index in [0.29, 0.717) is 19.5 Å². The maximum Gasteiger partial charge on any atom is 0.315 e. The maximum atomic E-state index is 12.3. The number of hydrogen-bond acceptors (Lipinski definition) is 3. The molecule has 26 heavy (non-hydrogen) atoms. The van der Waals surface area contributed by atoms with E-state index in [1.807, 2.05) is 42.8 Å². The summed E-state index contributed by atoms with van der Waals surface area (Å²) in [7, 11) is 0. The molecule has 1 aromatic carbocycles. The Morgan fingerprint density at radius 1 is 1.31 bits per heavy atom. The lowest BCUT2D eigenvalue weighted by Crippen LogP contribution is -2.43. The quantitative estimate of drug-likeness (QED) is 0.778. The summed E-state index contributed by atoms with van der Waals surface area (Å²) < 4.78 is 1.97. The van der Waals surface area contributed by atoms with E-state index in [1.165, 1.54) is 5.56 Å². The standard InChI is InChI=1S/C19H25N5O2/c1-14-4-5-17(10-15(14)2)24-12-16(11-18(24)25)22-19(26)21-6-3-8-23-9-7-20-13-23/h4-5,7,9-10,13,16H,3,6,8,11-12H2,1-2H3,(H2,21,22,26)/t16-/m0/s1. The molecule has 2 aromatic rings. The van der Waals surface area contributed by atoms with Crippen molar-refractivity contribution < 1.29 is 9.59 Å². The first-order valence-electron chi connectivity index (χ1n) is 8.90. The van der Waals surface area contributed by atoms with Gasteiger partial charge in [0, 0.05) is 44.1 Å². The Kier molecular flexibility index (Phi) is 5.55. The Morgan fingerprint density at radius 3 is 2.88 bits per heavy atom. The first-order valence-corrected chi connectivity index (χ1v) is 8.90. The van der Waals surface area contributed by atoms with Gasteiger partial charge in [0.15, 0.2) is 0 Å². The lowest BCUT2D eigenvalue weighted by atomic mass is 10.1. The van der Waals surface area contributed by atoms with E-state index >= 15 is 0 Å². The number of nitrogens with zero attached hydrogens (tertiary/aromatic N) is 3. The molecule has 7 heteroatoms. The number of rotatable bonds is 6. The van der Waals surface area contributed by atoms with Crippen LogP contribution in [0.4, 0.5) is 10.5 Å². The van der Waals surface area contributed by atoms with Crippen molar-refractivity contribution in [3.63, 3.8) is 0 Å². The van der Waals surface area contributed by atoms with Gasteiger partial charge in [0.2, 0.25) is 5.91 Å². The zero-order valence-electron chi connectivity index (χ0n) is 15.2. The molecule has 1 aliphatic rings. The Hall–Kier alpha value is -2.83. The molecule has 1 aliphatic heterocycles. The monoisotopic (exact) mass is 355 g/mol. The largest absolute Gasteiger partial charge is 0.338 e. The Labute approximate surface area is 153 Å². The van der Waals surface area contributed by atoms with Crippen molar-refractivity contribution in [1.29, 1.82) is 0 Å². The van der Waals surface area contributed by atoms with E-state index in [-0.39, 0.29) is 18.0 Å². The molecule has 0 bridgehead atoms. The molecule has 0 radical (unpaired) electrons. The molecule has 1 fully saturated rings. The van der Waals surface area contributed by atoms with Crippen LogP contribution in [-0.4, -0.2) is 40.6 Å². The molecule has 138 valence electrons. The molecule has 2 N–H and O–H groups in total. The number of hydrogen-bond donors (Lipinski definition) is 2. The summed E-state index contributed by atoms with van der Waals surface area (Å²) in [5, 5.41) is 5.74. The number of amides is 3. The maximum absolute atomic E-state index is 12.3. The van der Waals surface area contributed by atoms with E-state index in [1.54, 1.807) is 17.4 Å². The van der Waals surface area contributed by atoms with Crippen LogP contribution in [0.25, 0.3) is 0 Å². The van der Waals surface area contributed by atoms with Crippen molar-refractivity contribution >= 4 is 17.6 Å². The molecule has 1 saturated heterocycles. The molecule has 7 nitrogen and oxygen atoms in total. The number of benzene rings is 1. The van der Waals surface area contributed by atoms with Crippen LogP contribution >= 0.6 is 0 Å². The van der Waals surface area contributed by atoms with Crippen LogP contribution in [0.2, 0.25) is 0 Å². The van der Waals surface area contributed by atoms with Gasteiger partial charge in [0.25, 0.3) is 0 Å². The van der Waals surface area contributed by atoms with Crippen molar-refractivity contribution in [2.75, 3.05) is 18.0 Å². The van der Waals surface area contributed by atoms with E-state index < -0.39 is 0 Å². The van der Waals surface area contributed by atoms with E-state index in [4.69, 9.17) is 0 Å². The normalized spacial score (nSPS) is 16.8. The SMILES string of the molecule is Cc1ccc(N2C[C@@H](NC(=O)NCCCn3ccnc3)CC2=O)cc1C. The second kappa shape index (κ2) is 8.03. The van der Waals surface area contributed by atoms with E-state index in [9.17, 15) is 9.59 Å². The number of carbonyl (C=O) groups excluding carboxylic acids is 2. The van der Waals surface area contributed by atoms with Gasteiger partial charge in [0.05, 0.1) is 12.4 Å². The van der Waals surface area contributed by atoms with Gasteiger partial charge in [-0.2, -0.15) is 0 Å². The van der Waals surface area contributed by atoms with Gasteiger partial charge >= 0.3 is 6.03 Å². The highest BCUT2D eigenvalue weighted by atomic mass is 16.2. The minimum absolute atomic E-state index is 0.0404. The minimum Gasteiger partial charge on any atom is -0.338 e. The van der Waals surface area contributed by atoms with Crippen molar-refractivity contribution in [2.24, 2.45) is 0 Å². The smallest absolute Gasteiger partial charge is 0.315 e. The fourth-order valence-corrected chi connectivity index (χ4v) is 3.07. The van der Waals surface area contributed by atoms with Crippen LogP contribution in [0.5, 0.6) is 0 Å². The lowest BCUT2D eigenvalue weighted by molar-refractivity contribution is -0.117. The zero-order valence-corrected chi connectivity index (χ0v) is 15.2. The van der Waals surface area contributed by atoms with Gasteiger partial charge < -0.3 is 20.1 Å². The Balaban J connectivity index is 1.44. The van der Waals surface area contributed by atoms with E-state index in [2.05, 4.69) is 15.6 Å². The third-order valence-corrected chi connectivity index (χ3v) is 4.70. The van der Waals surface area contributed by atoms with Crippen LogP contribution in [-0.2, 0) is 11.3 Å². The zero-order chi connectivity index (χ0) is 18.5. The summed E-state index contributed by atoms with van der Waals surface area (Å²) in [6.07, 6.45) is 6.53. The van der Waals surface area contributed by atoms with Crippen LogP contribution in [0, 0.1) is 13.8 Å². The van der Waals surface area contributed by atoms with Crippen LogP contribution in [0.15, 0.2) is 36.9 Å². The third-order valence-electron chi connectivity index (χ3n) is 4.70. The lowest BCUT2D eigenvalue weighted by Gasteiger charge is -2.18. The fourth-order valence-electron chi connectivity index (χ4n) is 3.07. The van der Waals surface area contributed by atoms with Gasteiger partial charge in [-0.1, -0.05) is 6.07 Å². The van der Waals surface area contributed by atoms with Gasteiger partial charge in [-0.25, -0.2) is 9.78 Å². The number of imidazole rings is 1. The first-order chi connectivity index (χ1) is 12.5. The summed E-state index contributed by atoms with van der Waals surface area (Å²) in [6, 6.07) is 5.60. The molecule has 0 unspecified atom stereocenters. The van der Waals surface area contributed by atoms with Gasteiger partial charge in [-0.3, -0.25) is 4.79 Å². The fraction of sp³-hybridized carbons (Fsp3) is 0.421. The third kappa shape index (κ3) is 4.41. The topological polar surface area (TPSA) is 79.3 Å². The minimum atomic E-state index is -0.227. The predicted molar refractivity (Wildman–Crippen MR) is 100 cm³/mol. The van der Waals surface area contributed by atoms with Crippen LogP contribution < -0.4 is 15.5 Å². The Bertz CT molecular complexity index is 772. The summed E-state index contributed by atoms with van der Waals surface area (Å²) in [6.45, 7) is 5.97. The number of aromatic nitrogens is 2. The average molecular weight is 355 g/mol. The molecule has 1 aromatic heterocycles. The molecule has 3 rings (SSSR count). The van der Waals surface area contributed by atoms with Gasteiger partial charge in [0.1, 0.15) is 0 Å². The molecular formula is C19H25N5O2. The number of anilines is 1. The number of carbonyl (C=O) groups is 2. The highest BCUT2D eigenvalue weighted by molar-refractivity contribution is 5.96. The van der Waals surface area contributed by atoms with E-state index in [0.717, 1.165) is 24.2 Å². The van der Waals surface area contributed by atoms with Crippen molar-refractivity contribution in [2.45, 2.75) is 39.3 Å². The van der Waals surface area contributed by atoms with Crippen LogP contribution in [0.3, 0.4) is 0 Å². The summed E-state index contributed by atoms with van der Waals surface area (Å²) in [5.74, 6) is 0.0404. The number of urea groups is 1. The molecule has 0 aliphatic carbocycles. The second-order valence-electron chi connectivity index (χ2n) is 6.73. The number of aryl methyl sites for hydroxylation is 3.